The number of carbonyl (C=O) groups is 4. The number of nitrogens with one attached hydrogen (secondary N) is 1. The fourth-order valence-electron chi connectivity index (χ4n) is 5.50. The number of aliphatic hydroxyl groups is 1. The zero-order chi connectivity index (χ0) is 29.8. The minimum absolute atomic E-state index is 0.0203. The average Bonchev–Trinajstić information content (AvgIpc) is 3.47. The molecule has 6 N–H and O–H groups in total. The van der Waals surface area contributed by atoms with Gasteiger partial charge in [0.05, 0.1) is 34.1 Å². The van der Waals surface area contributed by atoms with E-state index in [1.165, 1.54) is 4.90 Å². The molecule has 1 fully saturated rings. The predicted molar refractivity (Wildman–Crippen MR) is 154 cm³/mol. The third kappa shape index (κ3) is 7.45. The molecule has 0 radical (unpaired) electrons. The van der Waals surface area contributed by atoms with Gasteiger partial charge in [0.25, 0.3) is 0 Å². The highest BCUT2D eigenvalue weighted by Crippen LogP contribution is 2.38. The summed E-state index contributed by atoms with van der Waals surface area (Å²) in [5.41, 5.74) is 15.0. The molecule has 11 heteroatoms. The average molecular weight is 572 g/mol. The Morgan fingerprint density at radius 2 is 1.82 bits per heavy atom. The number of nitrogens with zero attached hydrogens (tertiary/aromatic N) is 2. The minimum atomic E-state index is -0.895. The number of hydrogen-bond acceptors (Lipinski definition) is 7. The summed E-state index contributed by atoms with van der Waals surface area (Å²) in [6.07, 6.45) is -0.181. The molecule has 4 amide bonds. The lowest BCUT2D eigenvalue weighted by Crippen LogP contribution is -2.53. The second-order valence-corrected chi connectivity index (χ2v) is 12.6. The molecule has 0 aliphatic carbocycles. The first-order valence-corrected chi connectivity index (χ1v) is 14.5. The summed E-state index contributed by atoms with van der Waals surface area (Å²) < 4.78 is 0. The zero-order valence-corrected chi connectivity index (χ0v) is 24.7. The van der Waals surface area contributed by atoms with E-state index in [2.05, 4.69) is 10.3 Å². The molecule has 1 unspecified atom stereocenters. The van der Waals surface area contributed by atoms with Gasteiger partial charge in [-0.05, 0) is 43.2 Å². The molecular formula is C29H41N5O5S. The molecule has 1 aromatic heterocycles. The Morgan fingerprint density at radius 3 is 2.35 bits per heavy atom. The number of β-amino-alcohol motifs (C(OH)–C–C–N with tert-alkyl or cyclic N) is 1. The maximum Gasteiger partial charge on any atom is 0.243 e. The first-order chi connectivity index (χ1) is 18.7. The maximum absolute atomic E-state index is 14.0. The van der Waals surface area contributed by atoms with Crippen molar-refractivity contribution in [2.45, 2.75) is 78.5 Å². The molecule has 10 nitrogen and oxygen atoms in total. The number of amides is 4. The van der Waals surface area contributed by atoms with Gasteiger partial charge in [-0.2, -0.15) is 0 Å². The van der Waals surface area contributed by atoms with Crippen LogP contribution in [0.1, 0.15) is 70.7 Å². The summed E-state index contributed by atoms with van der Waals surface area (Å²) in [6.45, 7) is 9.31. The van der Waals surface area contributed by atoms with Gasteiger partial charge in [-0.1, -0.05) is 45.0 Å². The summed E-state index contributed by atoms with van der Waals surface area (Å²) >= 11 is 1.57. The molecule has 0 bridgehead atoms. The highest BCUT2D eigenvalue weighted by molar-refractivity contribution is 7.13. The van der Waals surface area contributed by atoms with Crippen molar-refractivity contribution >= 4 is 35.0 Å². The second kappa shape index (κ2) is 12.9. The van der Waals surface area contributed by atoms with E-state index >= 15 is 0 Å². The van der Waals surface area contributed by atoms with Crippen molar-refractivity contribution in [1.29, 1.82) is 0 Å². The number of aliphatic hydroxyl groups excluding tert-OH is 1. The van der Waals surface area contributed by atoms with Crippen LogP contribution in [0.15, 0.2) is 29.8 Å². The van der Waals surface area contributed by atoms with Crippen molar-refractivity contribution in [3.05, 3.63) is 41.0 Å². The van der Waals surface area contributed by atoms with Gasteiger partial charge < -0.3 is 26.8 Å². The van der Waals surface area contributed by atoms with Gasteiger partial charge in [0.15, 0.2) is 0 Å². The lowest BCUT2D eigenvalue weighted by molar-refractivity contribution is -0.149. The third-order valence-electron chi connectivity index (χ3n) is 7.55. The monoisotopic (exact) mass is 571 g/mol. The number of rotatable bonds is 11. The summed E-state index contributed by atoms with van der Waals surface area (Å²) in [4.78, 5) is 57.9. The Kier molecular flexibility index (Phi) is 10.1. The fraction of sp³-hybridized carbons (Fsp3) is 0.552. The number of hydrogen-bond donors (Lipinski definition) is 4. The van der Waals surface area contributed by atoms with Crippen molar-refractivity contribution in [2.75, 3.05) is 6.54 Å². The van der Waals surface area contributed by atoms with Crippen molar-refractivity contribution in [1.82, 2.24) is 15.2 Å². The highest BCUT2D eigenvalue weighted by atomic mass is 32.1. The van der Waals surface area contributed by atoms with Gasteiger partial charge in [-0.3, -0.25) is 19.2 Å². The van der Waals surface area contributed by atoms with Crippen molar-refractivity contribution in [3.8, 4) is 10.4 Å². The number of thiazole rings is 1. The quantitative estimate of drug-likeness (QED) is 0.323. The SMILES string of the molecule is Cc1ncsc1-c1ccc([C@H](C)NC(=O)[C@@H]2C[C@@H](O)CN2C(=O)[C@@H](C(CCCC(N)=O)C(N)=O)C(C)(C)C)cc1. The van der Waals surface area contributed by atoms with Crippen LogP contribution in [0.25, 0.3) is 10.4 Å². The van der Waals surface area contributed by atoms with Crippen LogP contribution in [-0.2, 0) is 19.2 Å². The molecule has 0 saturated carbocycles. The van der Waals surface area contributed by atoms with Crippen LogP contribution in [0.5, 0.6) is 0 Å². The molecule has 2 heterocycles. The van der Waals surface area contributed by atoms with E-state index in [1.807, 2.05) is 58.9 Å². The van der Waals surface area contributed by atoms with Gasteiger partial charge in [0.1, 0.15) is 6.04 Å². The molecule has 1 saturated heterocycles. The Hall–Kier alpha value is -3.31. The van der Waals surface area contributed by atoms with Crippen LogP contribution < -0.4 is 16.8 Å². The molecule has 2 aromatic rings. The van der Waals surface area contributed by atoms with E-state index in [0.29, 0.717) is 6.42 Å². The van der Waals surface area contributed by atoms with Crippen molar-refractivity contribution < 1.29 is 24.3 Å². The number of aryl methyl sites for hydroxylation is 1. The molecular weight excluding hydrogens is 530 g/mol. The van der Waals surface area contributed by atoms with Crippen molar-refractivity contribution in [3.63, 3.8) is 0 Å². The number of carbonyl (C=O) groups excluding carboxylic acids is 4. The smallest absolute Gasteiger partial charge is 0.243 e. The van der Waals surface area contributed by atoms with Gasteiger partial charge in [0.2, 0.25) is 23.6 Å². The number of primary amides is 2. The lowest BCUT2D eigenvalue weighted by atomic mass is 9.70. The van der Waals surface area contributed by atoms with E-state index in [4.69, 9.17) is 11.5 Å². The Bertz CT molecular complexity index is 1220. The molecule has 1 aliphatic rings. The van der Waals surface area contributed by atoms with E-state index in [-0.39, 0.29) is 37.8 Å². The van der Waals surface area contributed by atoms with E-state index < -0.39 is 47.1 Å². The number of nitrogens with two attached hydrogens (primary N) is 2. The topological polar surface area (TPSA) is 169 Å². The maximum atomic E-state index is 14.0. The van der Waals surface area contributed by atoms with E-state index in [0.717, 1.165) is 21.7 Å². The Balaban J connectivity index is 1.77. The fourth-order valence-corrected chi connectivity index (χ4v) is 6.31. The number of benzene rings is 1. The van der Waals surface area contributed by atoms with E-state index in [1.54, 1.807) is 16.8 Å². The molecule has 218 valence electrons. The molecule has 1 aromatic carbocycles. The van der Waals surface area contributed by atoms with Gasteiger partial charge >= 0.3 is 0 Å². The molecule has 1 aliphatic heterocycles. The molecule has 5 atom stereocenters. The first-order valence-electron chi connectivity index (χ1n) is 13.6. The molecule has 3 rings (SSSR count). The first kappa shape index (κ1) is 31.2. The number of aromatic nitrogens is 1. The van der Waals surface area contributed by atoms with Gasteiger partial charge in [0, 0.05) is 25.3 Å². The van der Waals surface area contributed by atoms with Gasteiger partial charge in [-0.15, -0.1) is 11.3 Å². The minimum Gasteiger partial charge on any atom is -0.391 e. The largest absolute Gasteiger partial charge is 0.391 e. The zero-order valence-electron chi connectivity index (χ0n) is 23.8. The number of likely N-dealkylation sites (tertiary alicyclic amines) is 1. The Labute approximate surface area is 239 Å². The van der Waals surface area contributed by atoms with Crippen LogP contribution in [0.3, 0.4) is 0 Å². The van der Waals surface area contributed by atoms with Crippen molar-refractivity contribution in [2.24, 2.45) is 28.7 Å². The van der Waals surface area contributed by atoms with Crippen LogP contribution in [-0.4, -0.2) is 57.3 Å². The van der Waals surface area contributed by atoms with E-state index in [9.17, 15) is 24.3 Å². The normalized spacial score (nSPS) is 19.6. The standard InChI is InChI=1S/C29H41N5O5S/c1-16(18-9-11-19(12-10-18)25-17(2)32-15-40-25)33-27(38)22-13-20(35)14-34(22)28(39)24(29(3,4)5)21(26(31)37)7-6-8-23(30)36/h9-12,15-16,20-22,24,35H,6-8,13-14H2,1-5H3,(H2,30,36)(H2,31,37)(H,33,38)/t16-,20+,21?,22-,24+/m0/s1. The molecule has 0 spiro atoms. The summed E-state index contributed by atoms with van der Waals surface area (Å²) in [5, 5.41) is 13.5. The van der Waals surface area contributed by atoms with Gasteiger partial charge in [-0.25, -0.2) is 4.98 Å². The molecule has 40 heavy (non-hydrogen) atoms. The van der Waals surface area contributed by atoms with Crippen LogP contribution >= 0.6 is 11.3 Å². The van der Waals surface area contributed by atoms with Crippen LogP contribution in [0.2, 0.25) is 0 Å². The van der Waals surface area contributed by atoms with Crippen LogP contribution in [0, 0.1) is 24.2 Å². The predicted octanol–water partition coefficient (Wildman–Crippen LogP) is 2.68. The lowest BCUT2D eigenvalue weighted by Gasteiger charge is -2.38. The second-order valence-electron chi connectivity index (χ2n) is 11.7. The highest BCUT2D eigenvalue weighted by Gasteiger charge is 2.47. The Morgan fingerprint density at radius 1 is 1.18 bits per heavy atom. The van der Waals surface area contributed by atoms with Crippen LogP contribution in [0.4, 0.5) is 0 Å². The summed E-state index contributed by atoms with van der Waals surface area (Å²) in [5.74, 6) is -3.64. The summed E-state index contributed by atoms with van der Waals surface area (Å²) in [7, 11) is 0. The third-order valence-corrected chi connectivity index (χ3v) is 8.52. The summed E-state index contributed by atoms with van der Waals surface area (Å²) in [6, 6.07) is 6.64.